The summed E-state index contributed by atoms with van der Waals surface area (Å²) in [6.45, 7) is -0.0879. The van der Waals surface area contributed by atoms with Crippen LogP contribution in [0.25, 0.3) is 0 Å². The summed E-state index contributed by atoms with van der Waals surface area (Å²) in [6.07, 6.45) is 3.38. The van der Waals surface area contributed by atoms with Crippen LogP contribution in [-0.4, -0.2) is 90.5 Å². The lowest BCUT2D eigenvalue weighted by Gasteiger charge is -2.24. The van der Waals surface area contributed by atoms with E-state index in [-0.39, 0.29) is 31.3 Å². The van der Waals surface area contributed by atoms with E-state index in [4.69, 9.17) is 33.8 Å². The highest BCUT2D eigenvalue weighted by molar-refractivity contribution is 7.98. The molecule has 0 aromatic heterocycles. The zero-order chi connectivity index (χ0) is 26.8. The number of aliphatic carboxylic acids is 1. The monoisotopic (exact) mass is 518 g/mol. The molecule has 0 fully saturated rings. The number of rotatable bonds is 18. The number of nitrogens with zero attached hydrogens (tertiary/aromatic N) is 2. The fourth-order valence-electron chi connectivity index (χ4n) is 2.76. The van der Waals surface area contributed by atoms with Crippen LogP contribution in [0, 0.1) is 0 Å². The number of carbonyl (C=O) groups excluding carboxylic acids is 3. The number of amides is 3. The lowest BCUT2D eigenvalue weighted by Crippen LogP contribution is -2.56. The Hall–Kier alpha value is -3.27. The summed E-state index contributed by atoms with van der Waals surface area (Å²) >= 11 is 1.47. The zero-order valence-electron chi connectivity index (χ0n) is 19.9. The fourth-order valence-corrected chi connectivity index (χ4v) is 3.24. The molecule has 0 aromatic rings. The summed E-state index contributed by atoms with van der Waals surface area (Å²) in [5.41, 5.74) is 27.0. The molecule has 35 heavy (non-hydrogen) atoms. The van der Waals surface area contributed by atoms with E-state index < -0.39 is 48.4 Å². The number of carbonyl (C=O) groups is 4. The van der Waals surface area contributed by atoms with Crippen molar-refractivity contribution in [1.82, 2.24) is 16.0 Å². The Kier molecular flexibility index (Phi) is 16.4. The average molecular weight is 519 g/mol. The van der Waals surface area contributed by atoms with Crippen LogP contribution in [0.3, 0.4) is 0 Å². The van der Waals surface area contributed by atoms with E-state index in [1.807, 2.05) is 6.26 Å². The molecule has 200 valence electrons. The van der Waals surface area contributed by atoms with Gasteiger partial charge >= 0.3 is 5.97 Å². The van der Waals surface area contributed by atoms with Gasteiger partial charge in [-0.05, 0) is 44.1 Å². The molecule has 0 rings (SSSR count). The predicted molar refractivity (Wildman–Crippen MR) is 135 cm³/mol. The first-order valence-electron chi connectivity index (χ1n) is 10.9. The molecule has 0 saturated heterocycles. The number of aliphatic imine (C=N–C) groups is 2. The second kappa shape index (κ2) is 18.1. The van der Waals surface area contributed by atoms with Gasteiger partial charge in [-0.25, -0.2) is 0 Å². The van der Waals surface area contributed by atoms with Crippen LogP contribution in [0.15, 0.2) is 9.98 Å². The maximum atomic E-state index is 13.0. The quantitative estimate of drug-likeness (QED) is 0.0484. The molecule has 0 saturated carbocycles. The molecule has 3 unspecified atom stereocenters. The van der Waals surface area contributed by atoms with E-state index in [0.717, 1.165) is 0 Å². The van der Waals surface area contributed by atoms with E-state index in [9.17, 15) is 19.2 Å². The van der Waals surface area contributed by atoms with Crippen molar-refractivity contribution in [3.8, 4) is 0 Å². The number of thioether (sulfide) groups is 1. The molecule has 3 atom stereocenters. The van der Waals surface area contributed by atoms with Gasteiger partial charge in [-0.1, -0.05) is 0 Å². The molecule has 14 N–H and O–H groups in total. The summed E-state index contributed by atoms with van der Waals surface area (Å²) in [7, 11) is 0. The number of hydrogen-bond acceptors (Lipinski definition) is 8. The van der Waals surface area contributed by atoms with Gasteiger partial charge in [-0.2, -0.15) is 11.8 Å². The minimum Gasteiger partial charge on any atom is -0.480 e. The third-order valence-corrected chi connectivity index (χ3v) is 5.18. The maximum Gasteiger partial charge on any atom is 0.322 e. The van der Waals surface area contributed by atoms with E-state index >= 15 is 0 Å². The number of nitrogens with two attached hydrogens (primary N) is 5. The fraction of sp³-hybridized carbons (Fsp3) is 0.684. The Bertz CT molecular complexity index is 756. The Balaban J connectivity index is 5.21. The van der Waals surface area contributed by atoms with E-state index in [0.29, 0.717) is 31.6 Å². The molecule has 3 amide bonds. The standard InChI is InChI=1S/C19H38N10O5S/c1-35-9-6-13(28-15(32)11(20)4-2-7-25-18(21)22)17(34)29-12(5-3-8-26-19(23)24)16(33)27-10-14(30)31/h11-13H,2-10,20H2,1H3,(H,27,33)(H,28,32)(H,29,34)(H,30,31)(H4,21,22,25)(H4,23,24,26). The highest BCUT2D eigenvalue weighted by Crippen LogP contribution is 2.06. The Morgan fingerprint density at radius 3 is 1.86 bits per heavy atom. The summed E-state index contributed by atoms with van der Waals surface area (Å²) in [5.74, 6) is -2.67. The summed E-state index contributed by atoms with van der Waals surface area (Å²) in [4.78, 5) is 56.4. The largest absolute Gasteiger partial charge is 0.480 e. The highest BCUT2D eigenvalue weighted by atomic mass is 32.2. The first-order valence-corrected chi connectivity index (χ1v) is 12.3. The van der Waals surface area contributed by atoms with Gasteiger partial charge in [0, 0.05) is 13.1 Å². The molecule has 0 radical (unpaired) electrons. The van der Waals surface area contributed by atoms with Gasteiger partial charge in [0.05, 0.1) is 6.04 Å². The van der Waals surface area contributed by atoms with Gasteiger partial charge in [0.15, 0.2) is 11.9 Å². The van der Waals surface area contributed by atoms with Gasteiger partial charge in [-0.3, -0.25) is 29.2 Å². The van der Waals surface area contributed by atoms with Crippen molar-refractivity contribution in [2.75, 3.05) is 31.6 Å². The maximum absolute atomic E-state index is 13.0. The van der Waals surface area contributed by atoms with Gasteiger partial charge < -0.3 is 49.7 Å². The molecule has 0 aromatic carbocycles. The molecule has 0 spiro atoms. The number of guanidine groups is 2. The second-order valence-electron chi connectivity index (χ2n) is 7.52. The molecule has 0 aliphatic heterocycles. The average Bonchev–Trinajstić information content (AvgIpc) is 2.78. The molecule has 15 nitrogen and oxygen atoms in total. The van der Waals surface area contributed by atoms with Crippen LogP contribution in [0.1, 0.15) is 32.1 Å². The van der Waals surface area contributed by atoms with E-state index in [1.165, 1.54) is 11.8 Å². The molecular weight excluding hydrogens is 480 g/mol. The van der Waals surface area contributed by atoms with Crippen molar-refractivity contribution >= 4 is 47.4 Å². The third-order valence-electron chi connectivity index (χ3n) is 4.54. The van der Waals surface area contributed by atoms with Crippen LogP contribution < -0.4 is 44.6 Å². The van der Waals surface area contributed by atoms with Crippen LogP contribution in [0.5, 0.6) is 0 Å². The van der Waals surface area contributed by atoms with Crippen molar-refractivity contribution in [3.05, 3.63) is 0 Å². The number of carboxylic acid groups (broad SMARTS) is 1. The SMILES string of the molecule is CSCCC(NC(=O)C(N)CCCN=C(N)N)C(=O)NC(CCCN=C(N)N)C(=O)NCC(=O)O. The summed E-state index contributed by atoms with van der Waals surface area (Å²) in [5, 5.41) is 16.3. The van der Waals surface area contributed by atoms with Crippen molar-refractivity contribution < 1.29 is 24.3 Å². The molecule has 16 heteroatoms. The summed E-state index contributed by atoms with van der Waals surface area (Å²) in [6, 6.07) is -2.90. The zero-order valence-corrected chi connectivity index (χ0v) is 20.7. The third kappa shape index (κ3) is 16.1. The van der Waals surface area contributed by atoms with Crippen LogP contribution >= 0.6 is 11.8 Å². The normalized spacial score (nSPS) is 13.0. The smallest absolute Gasteiger partial charge is 0.322 e. The van der Waals surface area contributed by atoms with Crippen LogP contribution in [0.4, 0.5) is 0 Å². The predicted octanol–water partition coefficient (Wildman–Crippen LogP) is -3.66. The molecule has 0 bridgehead atoms. The minimum absolute atomic E-state index is 0.0583. The first kappa shape index (κ1) is 31.7. The van der Waals surface area contributed by atoms with Gasteiger partial charge in [0.1, 0.15) is 18.6 Å². The topological polar surface area (TPSA) is 279 Å². The first-order chi connectivity index (χ1) is 16.5. The van der Waals surface area contributed by atoms with Gasteiger partial charge in [0.2, 0.25) is 17.7 Å². The van der Waals surface area contributed by atoms with Crippen molar-refractivity contribution in [2.45, 2.75) is 50.2 Å². The summed E-state index contributed by atoms with van der Waals surface area (Å²) < 4.78 is 0. The van der Waals surface area contributed by atoms with E-state index in [2.05, 4.69) is 25.9 Å². The minimum atomic E-state index is -1.23. The van der Waals surface area contributed by atoms with Gasteiger partial charge in [-0.15, -0.1) is 0 Å². The lowest BCUT2D eigenvalue weighted by atomic mass is 10.1. The molecule has 0 heterocycles. The lowest BCUT2D eigenvalue weighted by molar-refractivity contribution is -0.138. The van der Waals surface area contributed by atoms with Crippen LogP contribution in [0.2, 0.25) is 0 Å². The second-order valence-corrected chi connectivity index (χ2v) is 8.51. The Labute approximate surface area is 208 Å². The van der Waals surface area contributed by atoms with Crippen molar-refractivity contribution in [1.29, 1.82) is 0 Å². The molecule has 0 aliphatic rings. The highest BCUT2D eigenvalue weighted by Gasteiger charge is 2.27. The number of carboxylic acids is 1. The number of hydrogen-bond donors (Lipinski definition) is 9. The van der Waals surface area contributed by atoms with Gasteiger partial charge in [0.25, 0.3) is 0 Å². The Morgan fingerprint density at radius 2 is 1.34 bits per heavy atom. The number of nitrogens with one attached hydrogen (secondary N) is 3. The Morgan fingerprint density at radius 1 is 0.829 bits per heavy atom. The molecule has 0 aliphatic carbocycles. The van der Waals surface area contributed by atoms with Crippen molar-refractivity contribution in [2.24, 2.45) is 38.7 Å². The van der Waals surface area contributed by atoms with E-state index in [1.54, 1.807) is 0 Å². The van der Waals surface area contributed by atoms with Crippen LogP contribution in [-0.2, 0) is 19.2 Å². The molecular formula is C19H38N10O5S. The van der Waals surface area contributed by atoms with Crippen molar-refractivity contribution in [3.63, 3.8) is 0 Å².